The van der Waals surface area contributed by atoms with Crippen LogP contribution in [0.2, 0.25) is 0 Å². The molecule has 5 nitrogen and oxygen atoms in total. The fourth-order valence-corrected chi connectivity index (χ4v) is 2.63. The minimum atomic E-state index is -0.344. The van der Waals surface area contributed by atoms with Crippen molar-refractivity contribution in [2.24, 2.45) is 5.92 Å². The molecule has 1 atom stereocenters. The third kappa shape index (κ3) is 3.17. The maximum absolute atomic E-state index is 10.9. The van der Waals surface area contributed by atoms with Crippen molar-refractivity contribution in [2.75, 3.05) is 13.1 Å². The van der Waals surface area contributed by atoms with Crippen LogP contribution in [-0.2, 0) is 11.3 Å². The van der Waals surface area contributed by atoms with Gasteiger partial charge in [-0.25, -0.2) is 0 Å². The van der Waals surface area contributed by atoms with Crippen LogP contribution in [-0.4, -0.2) is 29.2 Å². The highest BCUT2D eigenvalue weighted by molar-refractivity contribution is 5.54. The van der Waals surface area contributed by atoms with Crippen LogP contribution in [0, 0.1) is 23.0 Å². The van der Waals surface area contributed by atoms with Crippen LogP contribution in [0.1, 0.15) is 24.0 Å². The third-order valence-corrected chi connectivity index (χ3v) is 3.74. The van der Waals surface area contributed by atoms with Crippen molar-refractivity contribution >= 4 is 12.0 Å². The Hall–Kier alpha value is -1.75. The van der Waals surface area contributed by atoms with E-state index in [4.69, 9.17) is 0 Å². The smallest absolute Gasteiger partial charge is 0.272 e. The first-order chi connectivity index (χ1) is 9.11. The van der Waals surface area contributed by atoms with Gasteiger partial charge in [0.15, 0.2) is 0 Å². The normalized spacial score (nSPS) is 20.2. The molecule has 0 radical (unpaired) electrons. The molecule has 0 N–H and O–H groups in total. The largest absolute Gasteiger partial charge is 0.303 e. The van der Waals surface area contributed by atoms with E-state index in [1.54, 1.807) is 13.0 Å². The van der Waals surface area contributed by atoms with Gasteiger partial charge in [-0.15, -0.1) is 0 Å². The summed E-state index contributed by atoms with van der Waals surface area (Å²) in [5.41, 5.74) is 1.86. The zero-order valence-electron chi connectivity index (χ0n) is 11.0. The van der Waals surface area contributed by atoms with Crippen molar-refractivity contribution in [1.82, 2.24) is 4.90 Å². The summed E-state index contributed by atoms with van der Waals surface area (Å²) in [7, 11) is 0. The van der Waals surface area contributed by atoms with E-state index in [0.29, 0.717) is 6.54 Å². The van der Waals surface area contributed by atoms with Crippen LogP contribution in [0.4, 0.5) is 5.69 Å². The first-order valence-corrected chi connectivity index (χ1v) is 6.52. The molecule has 1 aliphatic rings. The Balaban J connectivity index is 2.12. The van der Waals surface area contributed by atoms with Crippen molar-refractivity contribution in [3.8, 4) is 0 Å². The number of benzene rings is 1. The lowest BCUT2D eigenvalue weighted by Crippen LogP contribution is -2.35. The molecule has 1 aromatic carbocycles. The number of piperidine rings is 1. The zero-order chi connectivity index (χ0) is 13.8. The molecule has 102 valence electrons. The van der Waals surface area contributed by atoms with Gasteiger partial charge in [-0.2, -0.15) is 0 Å². The van der Waals surface area contributed by atoms with Gasteiger partial charge in [-0.1, -0.05) is 12.1 Å². The minimum absolute atomic E-state index is 0.104. The van der Waals surface area contributed by atoms with Gasteiger partial charge in [0.2, 0.25) is 0 Å². The highest BCUT2D eigenvalue weighted by Crippen LogP contribution is 2.24. The molecule has 5 heteroatoms. The predicted molar refractivity (Wildman–Crippen MR) is 71.9 cm³/mol. The van der Waals surface area contributed by atoms with E-state index in [-0.39, 0.29) is 16.5 Å². The van der Waals surface area contributed by atoms with Crippen molar-refractivity contribution in [1.29, 1.82) is 0 Å². The van der Waals surface area contributed by atoms with Crippen LogP contribution in [0.25, 0.3) is 0 Å². The van der Waals surface area contributed by atoms with Crippen LogP contribution < -0.4 is 0 Å². The van der Waals surface area contributed by atoms with E-state index in [1.165, 1.54) is 6.07 Å². The molecule has 1 fully saturated rings. The average molecular weight is 262 g/mol. The molecule has 0 amide bonds. The van der Waals surface area contributed by atoms with Crippen molar-refractivity contribution in [3.05, 3.63) is 39.4 Å². The average Bonchev–Trinajstić information content (AvgIpc) is 2.41. The van der Waals surface area contributed by atoms with Gasteiger partial charge >= 0.3 is 0 Å². The molecule has 1 aliphatic heterocycles. The monoisotopic (exact) mass is 262 g/mol. The number of rotatable bonds is 4. The fraction of sp³-hybridized carbons (Fsp3) is 0.500. The van der Waals surface area contributed by atoms with Crippen LogP contribution in [0.3, 0.4) is 0 Å². The second kappa shape index (κ2) is 5.93. The number of carbonyl (C=O) groups excluding carboxylic acids is 1. The lowest BCUT2D eigenvalue weighted by atomic mass is 9.98. The lowest BCUT2D eigenvalue weighted by Gasteiger charge is -2.30. The van der Waals surface area contributed by atoms with E-state index >= 15 is 0 Å². The summed E-state index contributed by atoms with van der Waals surface area (Å²) >= 11 is 0. The first-order valence-electron chi connectivity index (χ1n) is 6.52. The Bertz CT molecular complexity index is 488. The number of nitro benzene ring substituents is 1. The van der Waals surface area contributed by atoms with Crippen LogP contribution in [0.15, 0.2) is 18.2 Å². The van der Waals surface area contributed by atoms with Gasteiger partial charge < -0.3 is 4.79 Å². The minimum Gasteiger partial charge on any atom is -0.303 e. The SMILES string of the molecule is Cc1c(CN2CCCC(C=O)C2)cccc1[N+](=O)[O-]. The number of likely N-dealkylation sites (tertiary alicyclic amines) is 1. The second-order valence-corrected chi connectivity index (χ2v) is 5.09. The Labute approximate surface area is 112 Å². The Morgan fingerprint density at radius 3 is 3.00 bits per heavy atom. The summed E-state index contributed by atoms with van der Waals surface area (Å²) in [5.74, 6) is 0.104. The van der Waals surface area contributed by atoms with E-state index in [1.807, 2.05) is 6.07 Å². The van der Waals surface area contributed by atoms with E-state index in [9.17, 15) is 14.9 Å². The van der Waals surface area contributed by atoms with Crippen molar-refractivity contribution in [3.63, 3.8) is 0 Å². The number of carbonyl (C=O) groups is 1. The summed E-state index contributed by atoms with van der Waals surface area (Å²) in [5, 5.41) is 10.9. The number of hydrogen-bond acceptors (Lipinski definition) is 4. The number of nitrogens with zero attached hydrogens (tertiary/aromatic N) is 2. The summed E-state index contributed by atoms with van der Waals surface area (Å²) < 4.78 is 0. The molecule has 0 aromatic heterocycles. The summed E-state index contributed by atoms with van der Waals surface area (Å²) in [4.78, 5) is 23.6. The highest BCUT2D eigenvalue weighted by Gasteiger charge is 2.21. The molecule has 0 bridgehead atoms. The molecule has 1 unspecified atom stereocenters. The molecule has 2 rings (SSSR count). The van der Waals surface area contributed by atoms with Crippen LogP contribution in [0.5, 0.6) is 0 Å². The van der Waals surface area contributed by atoms with Crippen molar-refractivity contribution in [2.45, 2.75) is 26.3 Å². The fourth-order valence-electron chi connectivity index (χ4n) is 2.63. The van der Waals surface area contributed by atoms with Crippen molar-refractivity contribution < 1.29 is 9.72 Å². The molecule has 19 heavy (non-hydrogen) atoms. The van der Waals surface area contributed by atoms with E-state index in [0.717, 1.165) is 43.3 Å². The summed E-state index contributed by atoms with van der Waals surface area (Å²) in [6.07, 6.45) is 2.98. The molecule has 1 heterocycles. The Morgan fingerprint density at radius 1 is 1.53 bits per heavy atom. The first kappa shape index (κ1) is 13.7. The van der Waals surface area contributed by atoms with Gasteiger partial charge in [0.1, 0.15) is 6.29 Å². The Morgan fingerprint density at radius 2 is 2.32 bits per heavy atom. The number of nitro groups is 1. The molecular formula is C14H18N2O3. The molecule has 1 aromatic rings. The third-order valence-electron chi connectivity index (χ3n) is 3.74. The predicted octanol–water partition coefficient (Wildman–Crippen LogP) is 2.31. The Kier molecular flexibility index (Phi) is 4.27. The molecular weight excluding hydrogens is 244 g/mol. The highest BCUT2D eigenvalue weighted by atomic mass is 16.6. The van der Waals surface area contributed by atoms with E-state index in [2.05, 4.69) is 4.90 Å². The zero-order valence-corrected chi connectivity index (χ0v) is 11.0. The summed E-state index contributed by atoms with van der Waals surface area (Å²) in [6.45, 7) is 4.17. The molecule has 1 saturated heterocycles. The lowest BCUT2D eigenvalue weighted by molar-refractivity contribution is -0.385. The summed E-state index contributed by atoms with van der Waals surface area (Å²) in [6, 6.07) is 5.18. The molecule has 0 saturated carbocycles. The van der Waals surface area contributed by atoms with Gasteiger partial charge in [0.25, 0.3) is 5.69 Å². The quantitative estimate of drug-likeness (QED) is 0.474. The van der Waals surface area contributed by atoms with Gasteiger partial charge in [-0.05, 0) is 31.9 Å². The second-order valence-electron chi connectivity index (χ2n) is 5.09. The standard InChI is InChI=1S/C14H18N2O3/c1-11-13(5-2-6-14(11)16(18)19)9-15-7-3-4-12(8-15)10-17/h2,5-6,10,12H,3-4,7-9H2,1H3. The van der Waals surface area contributed by atoms with E-state index < -0.39 is 0 Å². The van der Waals surface area contributed by atoms with Crippen LogP contribution >= 0.6 is 0 Å². The topological polar surface area (TPSA) is 63.5 Å². The molecule has 0 aliphatic carbocycles. The number of aldehydes is 1. The molecule has 0 spiro atoms. The van der Waals surface area contributed by atoms with Gasteiger partial charge in [0.05, 0.1) is 4.92 Å². The van der Waals surface area contributed by atoms with Gasteiger partial charge in [0, 0.05) is 30.6 Å². The van der Waals surface area contributed by atoms with Gasteiger partial charge in [-0.3, -0.25) is 15.0 Å². The number of hydrogen-bond donors (Lipinski definition) is 0. The maximum atomic E-state index is 10.9. The maximum Gasteiger partial charge on any atom is 0.272 e.